The molecule has 1 saturated heterocycles. The smallest absolute Gasteiger partial charge is 0.332 e. The lowest BCUT2D eigenvalue weighted by Gasteiger charge is -2.05. The largest absolute Gasteiger partial charge is 0.478 e. The summed E-state index contributed by atoms with van der Waals surface area (Å²) in [6.07, 6.45) is 1.42. The van der Waals surface area contributed by atoms with Crippen LogP contribution in [0.3, 0.4) is 0 Å². The zero-order chi connectivity index (χ0) is 11.4. The molecule has 1 aliphatic rings. The predicted octanol–water partition coefficient (Wildman–Crippen LogP) is 0.817. The highest BCUT2D eigenvalue weighted by atomic mass is 16.6. The highest BCUT2D eigenvalue weighted by Gasteiger charge is 2.29. The zero-order valence-corrected chi connectivity index (χ0v) is 8.10. The van der Waals surface area contributed by atoms with E-state index in [0.29, 0.717) is 6.61 Å². The Morgan fingerprint density at radius 3 is 2.20 bits per heavy atom. The monoisotopic (exact) mass is 212 g/mol. The van der Waals surface area contributed by atoms with Gasteiger partial charge in [-0.05, 0) is 6.42 Å². The van der Waals surface area contributed by atoms with E-state index in [9.17, 15) is 9.59 Å². The van der Waals surface area contributed by atoms with E-state index in [1.807, 2.05) is 0 Å². The number of aliphatic carboxylic acids is 2. The standard InChI is InChI=1S/C10H12O5/c1-2-3-7(9(11)12)8(10(13)14)4-6-5-15-6/h2,6H,1,3-5H2,(H,11,12)(H,13,14)/b8-7-. The molecule has 0 saturated carbocycles. The van der Waals surface area contributed by atoms with Crippen molar-refractivity contribution in [2.24, 2.45) is 0 Å². The van der Waals surface area contributed by atoms with Crippen LogP contribution in [-0.4, -0.2) is 34.9 Å². The summed E-state index contributed by atoms with van der Waals surface area (Å²) in [6, 6.07) is 0. The average Bonchev–Trinajstić information content (AvgIpc) is 2.93. The molecule has 1 unspecified atom stereocenters. The molecule has 0 radical (unpaired) electrons. The Balaban J connectivity index is 2.94. The van der Waals surface area contributed by atoms with Gasteiger partial charge in [0.05, 0.1) is 23.9 Å². The minimum atomic E-state index is -1.21. The molecule has 1 fully saturated rings. The van der Waals surface area contributed by atoms with Crippen LogP contribution in [0.2, 0.25) is 0 Å². The molecule has 0 aliphatic carbocycles. The minimum Gasteiger partial charge on any atom is -0.478 e. The molecule has 0 aromatic carbocycles. The summed E-state index contributed by atoms with van der Waals surface area (Å²) in [5, 5.41) is 17.7. The second-order valence-corrected chi connectivity index (χ2v) is 3.22. The van der Waals surface area contributed by atoms with Crippen molar-refractivity contribution >= 4 is 11.9 Å². The molecule has 5 heteroatoms. The molecule has 0 amide bonds. The SMILES string of the molecule is C=CC/C(C(=O)O)=C(\CC1CO1)C(=O)O. The second-order valence-electron chi connectivity index (χ2n) is 3.22. The molecule has 0 aromatic rings. The Kier molecular flexibility index (Phi) is 3.62. The van der Waals surface area contributed by atoms with Crippen molar-refractivity contribution in [2.45, 2.75) is 18.9 Å². The van der Waals surface area contributed by atoms with E-state index in [1.165, 1.54) is 6.08 Å². The third-order valence-corrected chi connectivity index (χ3v) is 2.06. The highest BCUT2D eigenvalue weighted by Crippen LogP contribution is 2.23. The van der Waals surface area contributed by atoms with Crippen LogP contribution in [0.4, 0.5) is 0 Å². The van der Waals surface area contributed by atoms with Crippen molar-refractivity contribution in [3.05, 3.63) is 23.8 Å². The topological polar surface area (TPSA) is 87.1 Å². The number of rotatable bonds is 6. The van der Waals surface area contributed by atoms with Crippen LogP contribution in [0.25, 0.3) is 0 Å². The first kappa shape index (κ1) is 11.5. The number of carbonyl (C=O) groups is 2. The summed E-state index contributed by atoms with van der Waals surface area (Å²) in [4.78, 5) is 21.7. The molecule has 15 heavy (non-hydrogen) atoms. The Morgan fingerprint density at radius 1 is 1.33 bits per heavy atom. The third kappa shape index (κ3) is 3.21. The molecule has 1 rings (SSSR count). The van der Waals surface area contributed by atoms with Crippen molar-refractivity contribution < 1.29 is 24.5 Å². The lowest BCUT2D eigenvalue weighted by Crippen LogP contribution is -2.13. The van der Waals surface area contributed by atoms with Gasteiger partial charge in [0.25, 0.3) is 0 Å². The molecule has 5 nitrogen and oxygen atoms in total. The van der Waals surface area contributed by atoms with E-state index in [-0.39, 0.29) is 30.1 Å². The van der Waals surface area contributed by atoms with Crippen LogP contribution in [0.1, 0.15) is 12.8 Å². The lowest BCUT2D eigenvalue weighted by molar-refractivity contribution is -0.136. The number of allylic oxidation sites excluding steroid dienone is 1. The van der Waals surface area contributed by atoms with Crippen LogP contribution in [-0.2, 0) is 14.3 Å². The maximum absolute atomic E-state index is 10.9. The Hall–Kier alpha value is -1.62. The van der Waals surface area contributed by atoms with Crippen molar-refractivity contribution in [1.29, 1.82) is 0 Å². The van der Waals surface area contributed by atoms with Gasteiger partial charge in [0.15, 0.2) is 0 Å². The van der Waals surface area contributed by atoms with Crippen LogP contribution < -0.4 is 0 Å². The minimum absolute atomic E-state index is 0.0453. The summed E-state index contributed by atoms with van der Waals surface area (Å²) in [5.41, 5.74) is -0.210. The van der Waals surface area contributed by atoms with Crippen LogP contribution in [0.15, 0.2) is 23.8 Å². The number of carboxylic acid groups (broad SMARTS) is 2. The van der Waals surface area contributed by atoms with E-state index >= 15 is 0 Å². The fourth-order valence-corrected chi connectivity index (χ4v) is 1.24. The van der Waals surface area contributed by atoms with Crippen molar-refractivity contribution in [3.63, 3.8) is 0 Å². The summed E-state index contributed by atoms with van der Waals surface area (Å²) < 4.78 is 4.88. The number of carboxylic acids is 2. The maximum Gasteiger partial charge on any atom is 0.332 e. The molecule has 82 valence electrons. The molecule has 1 aliphatic heterocycles. The van der Waals surface area contributed by atoms with Crippen molar-refractivity contribution in [3.8, 4) is 0 Å². The highest BCUT2D eigenvalue weighted by molar-refractivity contribution is 5.99. The van der Waals surface area contributed by atoms with Crippen LogP contribution in [0, 0.1) is 0 Å². The van der Waals surface area contributed by atoms with Gasteiger partial charge < -0.3 is 14.9 Å². The average molecular weight is 212 g/mol. The second kappa shape index (κ2) is 4.75. The van der Waals surface area contributed by atoms with Gasteiger partial charge in [-0.1, -0.05) is 6.08 Å². The maximum atomic E-state index is 10.9. The van der Waals surface area contributed by atoms with Crippen LogP contribution in [0.5, 0.6) is 0 Å². The van der Waals surface area contributed by atoms with Crippen molar-refractivity contribution in [1.82, 2.24) is 0 Å². The van der Waals surface area contributed by atoms with E-state index in [2.05, 4.69) is 6.58 Å². The quantitative estimate of drug-likeness (QED) is 0.386. The molecule has 0 bridgehead atoms. The zero-order valence-electron chi connectivity index (χ0n) is 8.10. The fraction of sp³-hybridized carbons (Fsp3) is 0.400. The van der Waals surface area contributed by atoms with Gasteiger partial charge in [-0.15, -0.1) is 6.58 Å². The summed E-state index contributed by atoms with van der Waals surface area (Å²) in [5.74, 6) is -2.42. The number of hydrogen-bond acceptors (Lipinski definition) is 3. The van der Waals surface area contributed by atoms with Gasteiger partial charge in [-0.25, -0.2) is 9.59 Å². The lowest BCUT2D eigenvalue weighted by atomic mass is 10.0. The normalized spacial score (nSPS) is 20.4. The number of hydrogen-bond donors (Lipinski definition) is 2. The molecule has 2 N–H and O–H groups in total. The van der Waals surface area contributed by atoms with E-state index < -0.39 is 11.9 Å². The molecule has 0 aromatic heterocycles. The van der Waals surface area contributed by atoms with Gasteiger partial charge in [0, 0.05) is 6.42 Å². The van der Waals surface area contributed by atoms with Gasteiger partial charge in [-0.3, -0.25) is 0 Å². The molecular formula is C10H12O5. The number of ether oxygens (including phenoxy) is 1. The van der Waals surface area contributed by atoms with Gasteiger partial charge in [0.2, 0.25) is 0 Å². The first-order valence-corrected chi connectivity index (χ1v) is 4.47. The first-order chi connectivity index (χ1) is 7.06. The van der Waals surface area contributed by atoms with Gasteiger partial charge in [-0.2, -0.15) is 0 Å². The Labute approximate surface area is 86.7 Å². The summed E-state index contributed by atoms with van der Waals surface area (Å²) in [6.45, 7) is 3.90. The molecular weight excluding hydrogens is 200 g/mol. The number of epoxide rings is 1. The van der Waals surface area contributed by atoms with E-state index in [1.54, 1.807) is 0 Å². The van der Waals surface area contributed by atoms with Crippen molar-refractivity contribution in [2.75, 3.05) is 6.61 Å². The Bertz CT molecular complexity index is 325. The predicted molar refractivity (Wildman–Crippen MR) is 51.5 cm³/mol. The van der Waals surface area contributed by atoms with E-state index in [4.69, 9.17) is 14.9 Å². The molecule has 1 atom stereocenters. The third-order valence-electron chi connectivity index (χ3n) is 2.06. The molecule has 1 heterocycles. The molecule has 0 spiro atoms. The summed E-state index contributed by atoms with van der Waals surface area (Å²) >= 11 is 0. The van der Waals surface area contributed by atoms with Gasteiger partial charge in [0.1, 0.15) is 0 Å². The fourth-order valence-electron chi connectivity index (χ4n) is 1.24. The first-order valence-electron chi connectivity index (χ1n) is 4.47. The van der Waals surface area contributed by atoms with E-state index in [0.717, 1.165) is 0 Å². The summed E-state index contributed by atoms with van der Waals surface area (Å²) in [7, 11) is 0. The van der Waals surface area contributed by atoms with Crippen LogP contribution >= 0.6 is 0 Å². The Morgan fingerprint density at radius 2 is 1.87 bits per heavy atom. The van der Waals surface area contributed by atoms with Gasteiger partial charge >= 0.3 is 11.9 Å².